The third kappa shape index (κ3) is 8.70. The highest BCUT2D eigenvalue weighted by molar-refractivity contribution is 5.91. The van der Waals surface area contributed by atoms with Crippen molar-refractivity contribution < 1.29 is 29.4 Å². The number of likely N-dealkylation sites (N-methyl/N-ethyl adjacent to an activating group) is 1. The maximum atomic E-state index is 12.2. The van der Waals surface area contributed by atoms with Crippen molar-refractivity contribution in [2.45, 2.75) is 57.3 Å². The number of hydroxylamine groups is 1. The largest absolute Gasteiger partial charge is 0.392 e. The Bertz CT molecular complexity index is 1220. The van der Waals surface area contributed by atoms with Gasteiger partial charge >= 0.3 is 0 Å². The van der Waals surface area contributed by atoms with Crippen molar-refractivity contribution in [2.75, 3.05) is 18.9 Å². The van der Waals surface area contributed by atoms with Crippen LogP contribution in [0, 0.1) is 0 Å². The number of hydrogen-bond acceptors (Lipinski definition) is 7. The second-order valence-corrected chi connectivity index (χ2v) is 10.1. The van der Waals surface area contributed by atoms with Crippen molar-refractivity contribution in [3.8, 4) is 0 Å². The van der Waals surface area contributed by atoms with Crippen molar-refractivity contribution in [1.29, 1.82) is 0 Å². The third-order valence-electron chi connectivity index (χ3n) is 6.82. The van der Waals surface area contributed by atoms with E-state index in [1.165, 1.54) is 5.56 Å². The van der Waals surface area contributed by atoms with Gasteiger partial charge in [-0.2, -0.15) is 0 Å². The van der Waals surface area contributed by atoms with Gasteiger partial charge in [0.15, 0.2) is 6.29 Å². The van der Waals surface area contributed by atoms with E-state index in [1.807, 2.05) is 54.6 Å². The lowest BCUT2D eigenvalue weighted by molar-refractivity contribution is -0.252. The van der Waals surface area contributed by atoms with Gasteiger partial charge in [-0.3, -0.25) is 19.7 Å². The maximum Gasteiger partial charge on any atom is 0.243 e. The monoisotopic (exact) mass is 547 g/mol. The van der Waals surface area contributed by atoms with Gasteiger partial charge in [0.05, 0.1) is 18.8 Å². The Morgan fingerprint density at radius 3 is 2.23 bits per heavy atom. The lowest BCUT2D eigenvalue weighted by Crippen LogP contribution is -2.37. The van der Waals surface area contributed by atoms with Crippen molar-refractivity contribution in [1.82, 2.24) is 10.4 Å². The first kappa shape index (κ1) is 29.4. The quantitative estimate of drug-likeness (QED) is 0.195. The predicted octanol–water partition coefficient (Wildman–Crippen LogP) is 4.47. The van der Waals surface area contributed by atoms with E-state index >= 15 is 0 Å². The van der Waals surface area contributed by atoms with Crippen molar-refractivity contribution in [3.05, 3.63) is 101 Å². The average Bonchev–Trinajstić information content (AvgIpc) is 2.97. The van der Waals surface area contributed by atoms with E-state index in [1.54, 1.807) is 17.6 Å². The molecular weight excluding hydrogens is 510 g/mol. The van der Waals surface area contributed by atoms with E-state index in [0.29, 0.717) is 18.5 Å². The molecule has 3 aromatic carbocycles. The lowest BCUT2D eigenvalue weighted by atomic mass is 9.99. The number of benzene rings is 3. The molecule has 2 amide bonds. The van der Waals surface area contributed by atoms with Gasteiger partial charge in [0, 0.05) is 43.6 Å². The number of carbonyl (C=O) groups is 2. The fourth-order valence-corrected chi connectivity index (χ4v) is 4.75. The summed E-state index contributed by atoms with van der Waals surface area (Å²) < 4.78 is 12.9. The van der Waals surface area contributed by atoms with Crippen molar-refractivity contribution >= 4 is 17.5 Å². The Balaban J connectivity index is 1.42. The van der Waals surface area contributed by atoms with Crippen LogP contribution in [0.2, 0.25) is 0 Å². The van der Waals surface area contributed by atoms with Gasteiger partial charge < -0.3 is 19.9 Å². The van der Waals surface area contributed by atoms with Crippen LogP contribution in [0.15, 0.2) is 78.9 Å². The van der Waals surface area contributed by atoms with Gasteiger partial charge in [-0.1, -0.05) is 66.7 Å². The summed E-state index contributed by atoms with van der Waals surface area (Å²) in [5.74, 6) is -0.728. The van der Waals surface area contributed by atoms with Crippen LogP contribution in [-0.4, -0.2) is 46.7 Å². The number of hydrogen-bond donors (Lipinski definition) is 4. The molecule has 1 aliphatic rings. The molecule has 0 aromatic heterocycles. The van der Waals surface area contributed by atoms with Crippen molar-refractivity contribution in [2.24, 2.45) is 0 Å². The molecule has 3 unspecified atom stereocenters. The number of aliphatic hydroxyl groups is 1. The molecular formula is C31H37N3O6. The predicted molar refractivity (Wildman–Crippen MR) is 150 cm³/mol. The van der Waals surface area contributed by atoms with Crippen LogP contribution < -0.4 is 10.8 Å². The Morgan fingerprint density at radius 1 is 0.875 bits per heavy atom. The molecule has 0 aliphatic carbocycles. The highest BCUT2D eigenvalue weighted by atomic mass is 16.7. The number of nitrogens with zero attached hydrogens (tertiary/aromatic N) is 1. The van der Waals surface area contributed by atoms with Crippen LogP contribution in [0.25, 0.3) is 0 Å². The van der Waals surface area contributed by atoms with Crippen LogP contribution in [-0.2, 0) is 32.2 Å². The van der Waals surface area contributed by atoms with Gasteiger partial charge in [0.2, 0.25) is 11.8 Å². The van der Waals surface area contributed by atoms with E-state index < -0.39 is 12.2 Å². The zero-order valence-corrected chi connectivity index (χ0v) is 22.7. The summed E-state index contributed by atoms with van der Waals surface area (Å²) in [7, 11) is 2.08. The number of ether oxygens (including phenoxy) is 2. The highest BCUT2D eigenvalue weighted by Gasteiger charge is 2.32. The summed E-state index contributed by atoms with van der Waals surface area (Å²) in [5.41, 5.74) is 6.14. The summed E-state index contributed by atoms with van der Waals surface area (Å²) in [6.07, 6.45) is 0.414. The Kier molecular flexibility index (Phi) is 10.8. The summed E-state index contributed by atoms with van der Waals surface area (Å²) in [6, 6.07) is 25.5. The van der Waals surface area contributed by atoms with E-state index in [9.17, 15) is 14.7 Å². The number of anilines is 1. The van der Waals surface area contributed by atoms with Crippen LogP contribution in [0.1, 0.15) is 60.3 Å². The van der Waals surface area contributed by atoms with Gasteiger partial charge in [0.25, 0.3) is 0 Å². The third-order valence-corrected chi connectivity index (χ3v) is 6.82. The molecule has 9 heteroatoms. The van der Waals surface area contributed by atoms with Gasteiger partial charge in [-0.05, 0) is 42.3 Å². The molecule has 212 valence electrons. The summed E-state index contributed by atoms with van der Waals surface area (Å²) in [4.78, 5) is 25.6. The first-order valence-electron chi connectivity index (χ1n) is 13.5. The molecule has 3 aromatic rings. The molecule has 0 spiro atoms. The number of rotatable bonds is 12. The minimum Gasteiger partial charge on any atom is -0.392 e. The lowest BCUT2D eigenvalue weighted by Gasteiger charge is -2.38. The van der Waals surface area contributed by atoms with E-state index in [-0.39, 0.29) is 37.6 Å². The highest BCUT2D eigenvalue weighted by Crippen LogP contribution is 2.38. The smallest absolute Gasteiger partial charge is 0.243 e. The minimum absolute atomic E-state index is 0.00861. The fraction of sp³-hybridized carbons (Fsp3) is 0.355. The van der Waals surface area contributed by atoms with Gasteiger partial charge in [-0.25, -0.2) is 5.48 Å². The summed E-state index contributed by atoms with van der Waals surface area (Å²) in [6.45, 7) is 1.52. The second kappa shape index (κ2) is 14.7. The number of nitrogens with one attached hydrogen (secondary N) is 2. The van der Waals surface area contributed by atoms with E-state index in [0.717, 1.165) is 29.8 Å². The Labute approximate surface area is 234 Å². The second-order valence-electron chi connectivity index (χ2n) is 10.1. The average molecular weight is 548 g/mol. The van der Waals surface area contributed by atoms with Crippen LogP contribution in [0.3, 0.4) is 0 Å². The van der Waals surface area contributed by atoms with E-state index in [2.05, 4.69) is 29.4 Å². The normalized spacial score (nSPS) is 18.9. The summed E-state index contributed by atoms with van der Waals surface area (Å²) in [5, 5.41) is 20.8. The molecule has 0 bridgehead atoms. The van der Waals surface area contributed by atoms with Crippen LogP contribution >= 0.6 is 0 Å². The molecule has 1 heterocycles. The molecule has 1 saturated heterocycles. The molecule has 3 atom stereocenters. The number of amides is 2. The van der Waals surface area contributed by atoms with Crippen molar-refractivity contribution in [3.63, 3.8) is 0 Å². The van der Waals surface area contributed by atoms with E-state index in [4.69, 9.17) is 14.7 Å². The van der Waals surface area contributed by atoms with Crippen LogP contribution in [0.4, 0.5) is 5.69 Å². The number of aliphatic hydroxyl groups excluding tert-OH is 1. The fourth-order valence-electron chi connectivity index (χ4n) is 4.75. The summed E-state index contributed by atoms with van der Waals surface area (Å²) >= 11 is 0. The Morgan fingerprint density at radius 2 is 1.55 bits per heavy atom. The molecule has 4 N–H and O–H groups in total. The molecule has 0 radical (unpaired) electrons. The van der Waals surface area contributed by atoms with Crippen LogP contribution in [0.5, 0.6) is 0 Å². The molecule has 40 heavy (non-hydrogen) atoms. The number of carbonyl (C=O) groups excluding carboxylic acids is 2. The zero-order chi connectivity index (χ0) is 28.3. The van der Waals surface area contributed by atoms with Gasteiger partial charge in [0.1, 0.15) is 0 Å². The topological polar surface area (TPSA) is 120 Å². The molecule has 1 fully saturated rings. The maximum absolute atomic E-state index is 12.2. The molecule has 4 rings (SSSR count). The van der Waals surface area contributed by atoms with Gasteiger partial charge in [-0.15, -0.1) is 0 Å². The first-order valence-corrected chi connectivity index (χ1v) is 13.5. The zero-order valence-electron chi connectivity index (χ0n) is 22.7. The SMILES string of the molecule is CN(Cc1ccccc1)CC1CC(c2ccc(CO)cc2)OC(c2ccc(NC(=O)CCCC(=O)NO)cc2)O1. The molecule has 9 nitrogen and oxygen atoms in total. The molecule has 1 aliphatic heterocycles. The minimum atomic E-state index is -0.590. The first-order chi connectivity index (χ1) is 19.4. The molecule has 0 saturated carbocycles. The standard InChI is InChI=1S/C31H37N3O6/c1-34(19-22-6-3-2-4-7-22)20-27-18-28(24-12-10-23(21-35)11-13-24)40-31(39-27)25-14-16-26(17-15-25)32-29(36)8-5-9-30(37)33-38/h2-4,6-7,10-17,27-28,31,35,38H,5,8-9,18-21H2,1H3,(H,32,36)(H,33,37). The Hall–Kier alpha value is -3.60.